The van der Waals surface area contributed by atoms with Crippen molar-refractivity contribution in [2.45, 2.75) is 44.0 Å². The van der Waals surface area contributed by atoms with Crippen LogP contribution in [-0.4, -0.2) is 56.3 Å². The molecule has 1 aliphatic heterocycles. The molecule has 0 radical (unpaired) electrons. The molecule has 7 nitrogen and oxygen atoms in total. The maximum absolute atomic E-state index is 12.2. The summed E-state index contributed by atoms with van der Waals surface area (Å²) in [6.07, 6.45) is 2.71. The zero-order valence-electron chi connectivity index (χ0n) is 12.4. The lowest BCUT2D eigenvalue weighted by Crippen LogP contribution is -2.61. The summed E-state index contributed by atoms with van der Waals surface area (Å²) in [6.45, 7) is 2.51. The fraction of sp³-hybridized carbons (Fsp3) is 0.600. The van der Waals surface area contributed by atoms with E-state index in [9.17, 15) is 19.8 Å². The lowest BCUT2D eigenvalue weighted by atomic mass is 9.59. The lowest BCUT2D eigenvalue weighted by molar-refractivity contribution is -0.156. The van der Waals surface area contributed by atoms with E-state index in [0.29, 0.717) is 0 Å². The fourth-order valence-corrected chi connectivity index (χ4v) is 3.46. The van der Waals surface area contributed by atoms with Crippen LogP contribution in [0.4, 0.5) is 0 Å². The van der Waals surface area contributed by atoms with E-state index in [-0.39, 0.29) is 18.4 Å². The third-order valence-electron chi connectivity index (χ3n) is 4.72. The van der Waals surface area contributed by atoms with Crippen molar-refractivity contribution < 1.29 is 34.8 Å². The van der Waals surface area contributed by atoms with Gasteiger partial charge in [0, 0.05) is 12.5 Å². The number of carboxylic acids is 1. The summed E-state index contributed by atoms with van der Waals surface area (Å²) in [5, 5.41) is 38.8. The first-order valence-corrected chi connectivity index (χ1v) is 6.95. The van der Waals surface area contributed by atoms with Crippen LogP contribution >= 0.6 is 0 Å². The summed E-state index contributed by atoms with van der Waals surface area (Å²) in [6, 6.07) is 0. The van der Waals surface area contributed by atoms with E-state index in [1.165, 1.54) is 26.0 Å². The number of aliphatic carboxylic acids is 1. The van der Waals surface area contributed by atoms with Gasteiger partial charge in [-0.15, -0.1) is 0 Å². The molecule has 2 aliphatic rings. The maximum Gasteiger partial charge on any atom is 0.328 e. The molecule has 4 unspecified atom stereocenters. The minimum absolute atomic E-state index is 0.0410. The Morgan fingerprint density at radius 1 is 1.41 bits per heavy atom. The van der Waals surface area contributed by atoms with E-state index < -0.39 is 41.3 Å². The molecule has 0 aromatic carbocycles. The van der Waals surface area contributed by atoms with Crippen LogP contribution in [0.2, 0.25) is 0 Å². The topological polar surface area (TPSA) is 124 Å². The molecule has 1 saturated heterocycles. The largest absolute Gasteiger partial charge is 0.478 e. The number of aliphatic hydroxyl groups is 3. The molecule has 122 valence electrons. The molecule has 0 aromatic heterocycles. The van der Waals surface area contributed by atoms with Gasteiger partial charge in [0.05, 0.1) is 12.7 Å². The lowest BCUT2D eigenvalue weighted by Gasteiger charge is -2.47. The minimum Gasteiger partial charge on any atom is -0.478 e. The maximum atomic E-state index is 12.2. The Balaban J connectivity index is 2.44. The summed E-state index contributed by atoms with van der Waals surface area (Å²) in [5.41, 5.74) is -4.27. The van der Waals surface area contributed by atoms with Gasteiger partial charge in [-0.2, -0.15) is 0 Å². The highest BCUT2D eigenvalue weighted by molar-refractivity contribution is 5.84. The van der Waals surface area contributed by atoms with Crippen molar-refractivity contribution in [3.8, 4) is 0 Å². The van der Waals surface area contributed by atoms with Gasteiger partial charge in [-0.05, 0) is 31.9 Å². The molecule has 0 spiro atoms. The fourth-order valence-electron chi connectivity index (χ4n) is 3.46. The van der Waals surface area contributed by atoms with Crippen LogP contribution in [0.25, 0.3) is 0 Å². The van der Waals surface area contributed by atoms with E-state index in [1.807, 2.05) is 0 Å². The summed E-state index contributed by atoms with van der Waals surface area (Å²) >= 11 is 0. The number of esters is 1. The molecule has 4 N–H and O–H groups in total. The minimum atomic E-state index is -1.71. The molecule has 2 fully saturated rings. The molecular formula is C15H20O7. The average Bonchev–Trinajstić information content (AvgIpc) is 2.47. The highest BCUT2D eigenvalue weighted by Gasteiger charge is 2.72. The van der Waals surface area contributed by atoms with E-state index in [2.05, 4.69) is 0 Å². The summed E-state index contributed by atoms with van der Waals surface area (Å²) in [5.74, 6) is -1.83. The molecule has 22 heavy (non-hydrogen) atoms. The van der Waals surface area contributed by atoms with Crippen LogP contribution in [0.15, 0.2) is 23.8 Å². The predicted octanol–water partition coefficient (Wildman–Crippen LogP) is -0.247. The van der Waals surface area contributed by atoms with Gasteiger partial charge in [0.2, 0.25) is 0 Å². The zero-order valence-corrected chi connectivity index (χ0v) is 12.4. The predicted molar refractivity (Wildman–Crippen MR) is 74.7 cm³/mol. The van der Waals surface area contributed by atoms with Crippen LogP contribution in [0.5, 0.6) is 0 Å². The molecule has 1 heterocycles. The van der Waals surface area contributed by atoms with Gasteiger partial charge < -0.3 is 25.2 Å². The molecule has 1 aliphatic carbocycles. The number of fused-ring (bicyclic) bond motifs is 2. The number of hydrogen-bond acceptors (Lipinski definition) is 6. The van der Waals surface area contributed by atoms with Gasteiger partial charge >= 0.3 is 11.9 Å². The smallest absolute Gasteiger partial charge is 0.328 e. The van der Waals surface area contributed by atoms with Crippen molar-refractivity contribution in [1.82, 2.24) is 0 Å². The number of carboxylic acid groups (broad SMARTS) is 1. The van der Waals surface area contributed by atoms with Gasteiger partial charge in [0.1, 0.15) is 16.6 Å². The van der Waals surface area contributed by atoms with E-state index in [4.69, 9.17) is 14.9 Å². The number of ether oxygens (including phenoxy) is 1. The van der Waals surface area contributed by atoms with Gasteiger partial charge in [0.25, 0.3) is 0 Å². The molecular weight excluding hydrogens is 292 g/mol. The summed E-state index contributed by atoms with van der Waals surface area (Å²) < 4.78 is 5.31. The highest BCUT2D eigenvalue weighted by atomic mass is 16.6. The summed E-state index contributed by atoms with van der Waals surface area (Å²) in [7, 11) is 0. The van der Waals surface area contributed by atoms with Crippen LogP contribution in [0, 0.1) is 5.41 Å². The normalized spacial score (nSPS) is 41.8. The van der Waals surface area contributed by atoms with Gasteiger partial charge in [-0.25, -0.2) is 4.79 Å². The van der Waals surface area contributed by atoms with Crippen LogP contribution < -0.4 is 0 Å². The molecule has 2 rings (SSSR count). The standard InChI is InChI=1S/C15H20O7/c1-13-6-10(17)7-14(2,22-12(13)20)15(13,21)4-3-9(8-16)5-11(18)19/h3-5,10,16-17,21H,6-8H2,1-2H3,(H,18,19)/b4-3+,9-5-. The highest BCUT2D eigenvalue weighted by Crippen LogP contribution is 2.58. The van der Waals surface area contributed by atoms with Gasteiger partial charge in [-0.1, -0.05) is 6.08 Å². The number of rotatable bonds is 4. The molecule has 0 amide bonds. The first-order chi connectivity index (χ1) is 10.1. The quantitative estimate of drug-likeness (QED) is 0.320. The monoisotopic (exact) mass is 312 g/mol. The number of carbonyl (C=O) groups excluding carboxylic acids is 1. The first kappa shape index (κ1) is 16.7. The van der Waals surface area contributed by atoms with E-state index in [0.717, 1.165) is 6.08 Å². The number of hydrogen-bond donors (Lipinski definition) is 4. The summed E-state index contributed by atoms with van der Waals surface area (Å²) in [4.78, 5) is 22.8. The second-order valence-electron chi connectivity index (χ2n) is 6.33. The van der Waals surface area contributed by atoms with E-state index >= 15 is 0 Å². The third kappa shape index (κ3) is 2.25. The Morgan fingerprint density at radius 2 is 2.05 bits per heavy atom. The van der Waals surface area contributed by atoms with Crippen molar-refractivity contribution in [2.75, 3.05) is 6.61 Å². The van der Waals surface area contributed by atoms with Crippen molar-refractivity contribution >= 4 is 11.9 Å². The number of aliphatic hydroxyl groups excluding tert-OH is 2. The van der Waals surface area contributed by atoms with Crippen LogP contribution in [0.3, 0.4) is 0 Å². The zero-order chi connectivity index (χ0) is 16.8. The molecule has 1 saturated carbocycles. The SMILES string of the molecule is CC12CC(O)CC(C)(C(=O)O1)C2(O)/C=C/C(=C/C(=O)O)CO. The molecule has 7 heteroatoms. The second kappa shape index (κ2) is 5.19. The van der Waals surface area contributed by atoms with Crippen molar-refractivity contribution in [3.63, 3.8) is 0 Å². The Kier molecular flexibility index (Phi) is 3.93. The van der Waals surface area contributed by atoms with Gasteiger partial charge in [-0.3, -0.25) is 4.79 Å². The molecule has 2 bridgehead atoms. The Bertz CT molecular complexity index is 566. The Morgan fingerprint density at radius 3 is 2.55 bits per heavy atom. The molecule has 0 aromatic rings. The van der Waals surface area contributed by atoms with Gasteiger partial charge in [0.15, 0.2) is 0 Å². The third-order valence-corrected chi connectivity index (χ3v) is 4.72. The Hall–Kier alpha value is -1.70. The van der Waals surface area contributed by atoms with E-state index in [1.54, 1.807) is 0 Å². The first-order valence-electron chi connectivity index (χ1n) is 6.95. The second-order valence-corrected chi connectivity index (χ2v) is 6.33. The van der Waals surface area contributed by atoms with Crippen LogP contribution in [-0.2, 0) is 14.3 Å². The Labute approximate surface area is 127 Å². The van der Waals surface area contributed by atoms with Crippen molar-refractivity contribution in [2.24, 2.45) is 5.41 Å². The molecule has 4 atom stereocenters. The average molecular weight is 312 g/mol. The van der Waals surface area contributed by atoms with Crippen molar-refractivity contribution in [3.05, 3.63) is 23.8 Å². The van der Waals surface area contributed by atoms with Crippen molar-refractivity contribution in [1.29, 1.82) is 0 Å². The van der Waals surface area contributed by atoms with Crippen LogP contribution in [0.1, 0.15) is 26.7 Å². The number of carbonyl (C=O) groups is 2.